The van der Waals surface area contributed by atoms with Crippen LogP contribution in [0, 0.1) is 0 Å². The first kappa shape index (κ1) is 11.3. The fourth-order valence-electron chi connectivity index (χ4n) is 1.09. The van der Waals surface area contributed by atoms with Crippen molar-refractivity contribution in [1.29, 1.82) is 0 Å². The van der Waals surface area contributed by atoms with Crippen LogP contribution in [0.5, 0.6) is 11.5 Å². The summed E-state index contributed by atoms with van der Waals surface area (Å²) in [6.45, 7) is 2.09. The highest BCUT2D eigenvalue weighted by atomic mass is 16.3. The van der Waals surface area contributed by atoms with Gasteiger partial charge in [0, 0.05) is 24.2 Å². The maximum absolute atomic E-state index is 11.5. The zero-order valence-electron chi connectivity index (χ0n) is 8.40. The first-order valence-electron chi connectivity index (χ1n) is 4.57. The molecule has 0 aliphatic rings. The van der Waals surface area contributed by atoms with Gasteiger partial charge < -0.3 is 21.3 Å². The van der Waals surface area contributed by atoms with Crippen molar-refractivity contribution in [3.05, 3.63) is 23.8 Å². The second-order valence-corrected chi connectivity index (χ2v) is 3.35. The summed E-state index contributed by atoms with van der Waals surface area (Å²) in [5, 5.41) is 21.0. The maximum Gasteiger partial charge on any atom is 0.251 e. The van der Waals surface area contributed by atoms with Gasteiger partial charge in [-0.2, -0.15) is 0 Å². The molecule has 0 heterocycles. The molecule has 0 unspecified atom stereocenters. The number of amides is 1. The molecule has 0 aliphatic carbocycles. The molecule has 0 radical (unpaired) electrons. The number of carbonyl (C=O) groups is 1. The SMILES string of the molecule is C[C@H](CN)NC(=O)c1cc(O)cc(O)c1. The lowest BCUT2D eigenvalue weighted by molar-refractivity contribution is 0.0940. The summed E-state index contributed by atoms with van der Waals surface area (Å²) in [7, 11) is 0. The Balaban J connectivity index is 2.82. The third kappa shape index (κ3) is 3.14. The third-order valence-corrected chi connectivity index (χ3v) is 1.90. The van der Waals surface area contributed by atoms with Crippen LogP contribution in [-0.4, -0.2) is 28.7 Å². The minimum absolute atomic E-state index is 0.151. The molecule has 1 aromatic rings. The molecule has 5 heteroatoms. The topological polar surface area (TPSA) is 95.6 Å². The molecule has 0 saturated carbocycles. The molecular weight excluding hydrogens is 196 g/mol. The van der Waals surface area contributed by atoms with E-state index in [2.05, 4.69) is 5.32 Å². The predicted molar refractivity (Wildman–Crippen MR) is 55.8 cm³/mol. The van der Waals surface area contributed by atoms with Crippen LogP contribution in [0.2, 0.25) is 0 Å². The smallest absolute Gasteiger partial charge is 0.251 e. The number of hydrogen-bond acceptors (Lipinski definition) is 4. The molecule has 15 heavy (non-hydrogen) atoms. The second kappa shape index (κ2) is 4.65. The molecule has 0 bridgehead atoms. The van der Waals surface area contributed by atoms with Crippen LogP contribution in [0.3, 0.4) is 0 Å². The van der Waals surface area contributed by atoms with Gasteiger partial charge in [-0.15, -0.1) is 0 Å². The van der Waals surface area contributed by atoms with Crippen LogP contribution in [0.25, 0.3) is 0 Å². The molecule has 1 amide bonds. The van der Waals surface area contributed by atoms with Gasteiger partial charge >= 0.3 is 0 Å². The van der Waals surface area contributed by atoms with Gasteiger partial charge in [0.1, 0.15) is 11.5 Å². The van der Waals surface area contributed by atoms with E-state index in [1.54, 1.807) is 6.92 Å². The van der Waals surface area contributed by atoms with Crippen LogP contribution < -0.4 is 11.1 Å². The summed E-state index contributed by atoms with van der Waals surface area (Å²) < 4.78 is 0. The number of aromatic hydroxyl groups is 2. The highest BCUT2D eigenvalue weighted by Crippen LogP contribution is 2.20. The number of phenolic OH excluding ortho intramolecular Hbond substituents is 2. The largest absolute Gasteiger partial charge is 0.508 e. The summed E-state index contributed by atoms with van der Waals surface area (Å²) in [4.78, 5) is 11.5. The zero-order valence-corrected chi connectivity index (χ0v) is 8.40. The van der Waals surface area contributed by atoms with E-state index < -0.39 is 0 Å². The average Bonchev–Trinajstić information content (AvgIpc) is 2.16. The standard InChI is InChI=1S/C10H14N2O3/c1-6(5-11)12-10(15)7-2-8(13)4-9(14)3-7/h2-4,6,13-14H,5,11H2,1H3,(H,12,15)/t6-/m1/s1. The number of phenols is 2. The second-order valence-electron chi connectivity index (χ2n) is 3.35. The molecular formula is C10H14N2O3. The van der Waals surface area contributed by atoms with Crippen molar-refractivity contribution in [2.24, 2.45) is 5.73 Å². The van der Waals surface area contributed by atoms with Gasteiger partial charge in [-0.05, 0) is 19.1 Å². The number of benzene rings is 1. The van der Waals surface area contributed by atoms with E-state index in [0.29, 0.717) is 6.54 Å². The maximum atomic E-state index is 11.5. The minimum atomic E-state index is -0.376. The monoisotopic (exact) mass is 210 g/mol. The molecule has 1 rings (SSSR count). The van der Waals surface area contributed by atoms with Crippen LogP contribution in [-0.2, 0) is 0 Å². The lowest BCUT2D eigenvalue weighted by Gasteiger charge is -2.11. The van der Waals surface area contributed by atoms with Gasteiger partial charge in [-0.25, -0.2) is 0 Å². The van der Waals surface area contributed by atoms with Crippen molar-refractivity contribution in [3.8, 4) is 11.5 Å². The summed E-state index contributed by atoms with van der Waals surface area (Å²) >= 11 is 0. The number of rotatable bonds is 3. The molecule has 5 nitrogen and oxygen atoms in total. The van der Waals surface area contributed by atoms with Crippen molar-refractivity contribution in [1.82, 2.24) is 5.32 Å². The highest BCUT2D eigenvalue weighted by molar-refractivity contribution is 5.95. The van der Waals surface area contributed by atoms with Crippen LogP contribution in [0.15, 0.2) is 18.2 Å². The zero-order chi connectivity index (χ0) is 11.4. The molecule has 1 aromatic carbocycles. The number of hydrogen-bond donors (Lipinski definition) is 4. The number of nitrogens with one attached hydrogen (secondary N) is 1. The molecule has 5 N–H and O–H groups in total. The predicted octanol–water partition coefficient (Wildman–Crippen LogP) is 0.175. The molecule has 0 saturated heterocycles. The van der Waals surface area contributed by atoms with E-state index in [0.717, 1.165) is 6.07 Å². The number of nitrogens with two attached hydrogens (primary N) is 1. The van der Waals surface area contributed by atoms with Crippen LogP contribution in [0.1, 0.15) is 17.3 Å². The number of carbonyl (C=O) groups excluding carboxylic acids is 1. The van der Waals surface area contributed by atoms with Crippen LogP contribution in [0.4, 0.5) is 0 Å². The molecule has 1 atom stereocenters. The van der Waals surface area contributed by atoms with E-state index in [1.807, 2.05) is 0 Å². The van der Waals surface area contributed by atoms with Crippen molar-refractivity contribution in [2.45, 2.75) is 13.0 Å². The Bertz CT molecular complexity index is 345. The first-order valence-corrected chi connectivity index (χ1v) is 4.57. The van der Waals surface area contributed by atoms with Gasteiger partial charge in [-0.3, -0.25) is 4.79 Å². The van der Waals surface area contributed by atoms with Crippen LogP contribution >= 0.6 is 0 Å². The van der Waals surface area contributed by atoms with Crippen molar-refractivity contribution < 1.29 is 15.0 Å². The fraction of sp³-hybridized carbons (Fsp3) is 0.300. The Labute approximate surface area is 87.5 Å². The molecule has 0 aliphatic heterocycles. The van der Waals surface area contributed by atoms with E-state index in [9.17, 15) is 4.79 Å². The fourth-order valence-corrected chi connectivity index (χ4v) is 1.09. The molecule has 82 valence electrons. The summed E-state index contributed by atoms with van der Waals surface area (Å²) in [5.41, 5.74) is 5.55. The Morgan fingerprint density at radius 3 is 2.40 bits per heavy atom. The Hall–Kier alpha value is -1.75. The Morgan fingerprint density at radius 2 is 1.93 bits per heavy atom. The quantitative estimate of drug-likeness (QED) is 0.572. The van der Waals surface area contributed by atoms with E-state index in [4.69, 9.17) is 15.9 Å². The van der Waals surface area contributed by atoms with Gasteiger partial charge in [0.05, 0.1) is 0 Å². The minimum Gasteiger partial charge on any atom is -0.508 e. The van der Waals surface area contributed by atoms with E-state index in [-0.39, 0.29) is 29.0 Å². The van der Waals surface area contributed by atoms with Gasteiger partial charge in [-0.1, -0.05) is 0 Å². The third-order valence-electron chi connectivity index (χ3n) is 1.90. The molecule has 0 fully saturated rings. The molecule has 0 aromatic heterocycles. The lowest BCUT2D eigenvalue weighted by atomic mass is 10.1. The van der Waals surface area contributed by atoms with Crippen molar-refractivity contribution >= 4 is 5.91 Å². The van der Waals surface area contributed by atoms with Gasteiger partial charge in [0.2, 0.25) is 0 Å². The summed E-state index contributed by atoms with van der Waals surface area (Å²) in [5.74, 6) is -0.680. The van der Waals surface area contributed by atoms with Gasteiger partial charge in [0.25, 0.3) is 5.91 Å². The first-order chi connectivity index (χ1) is 7.02. The lowest BCUT2D eigenvalue weighted by Crippen LogP contribution is -2.37. The summed E-state index contributed by atoms with van der Waals surface area (Å²) in [6, 6.07) is 3.56. The Kier molecular flexibility index (Phi) is 3.51. The Morgan fingerprint density at radius 1 is 1.40 bits per heavy atom. The van der Waals surface area contributed by atoms with Gasteiger partial charge in [0.15, 0.2) is 0 Å². The normalized spacial score (nSPS) is 12.1. The van der Waals surface area contributed by atoms with E-state index in [1.165, 1.54) is 12.1 Å². The average molecular weight is 210 g/mol. The van der Waals surface area contributed by atoms with E-state index >= 15 is 0 Å². The van der Waals surface area contributed by atoms with Crippen molar-refractivity contribution in [2.75, 3.05) is 6.54 Å². The van der Waals surface area contributed by atoms with Crippen molar-refractivity contribution in [3.63, 3.8) is 0 Å². The summed E-state index contributed by atoms with van der Waals surface area (Å²) in [6.07, 6.45) is 0. The highest BCUT2D eigenvalue weighted by Gasteiger charge is 2.10. The molecule has 0 spiro atoms.